The zero-order valence-electron chi connectivity index (χ0n) is 13.6. The molecule has 1 aliphatic heterocycles. The van der Waals surface area contributed by atoms with Gasteiger partial charge in [0.05, 0.1) is 0 Å². The maximum absolute atomic E-state index is 12.0. The Bertz CT molecular complexity index is 587. The first-order chi connectivity index (χ1) is 10.7. The van der Waals surface area contributed by atoms with Crippen LogP contribution in [-0.4, -0.2) is 78.8 Å². The number of Topliss-reactive ketones (excluding diaryl/α,β-unsaturated/α-hetero) is 4. The number of carbonyl (C=O) groups excluding carboxylic acids is 4. The Hall–Kier alpha value is -1.56. The van der Waals surface area contributed by atoms with E-state index in [0.717, 1.165) is 27.7 Å². The highest BCUT2D eigenvalue weighted by molar-refractivity contribution is 6.01. The summed E-state index contributed by atoms with van der Waals surface area (Å²) in [5, 5.41) is 41.8. The van der Waals surface area contributed by atoms with Gasteiger partial charge in [-0.25, -0.2) is 0 Å². The van der Waals surface area contributed by atoms with Crippen LogP contribution >= 0.6 is 0 Å². The van der Waals surface area contributed by atoms with Gasteiger partial charge in [-0.15, -0.1) is 0 Å². The molecule has 0 saturated carbocycles. The first-order valence-corrected chi connectivity index (χ1v) is 7.01. The second kappa shape index (κ2) is 6.06. The fraction of sp³-hybridized carbons (Fsp3) is 0.714. The summed E-state index contributed by atoms with van der Waals surface area (Å²) < 4.78 is 4.92. The number of aliphatic hydroxyl groups excluding tert-OH is 1. The second-order valence-electron chi connectivity index (χ2n) is 5.97. The third kappa shape index (κ3) is 2.42. The van der Waals surface area contributed by atoms with Gasteiger partial charge < -0.3 is 30.9 Å². The average Bonchev–Trinajstić information content (AvgIpc) is 2.47. The maximum atomic E-state index is 12.0. The van der Waals surface area contributed by atoms with Gasteiger partial charge in [-0.05, 0) is 20.8 Å². The lowest BCUT2D eigenvalue weighted by molar-refractivity contribution is -0.341. The monoisotopic (exact) mass is 347 g/mol. The molecule has 1 aliphatic rings. The van der Waals surface area contributed by atoms with Crippen molar-refractivity contribution >= 4 is 23.1 Å². The quantitative estimate of drug-likeness (QED) is 0.335. The van der Waals surface area contributed by atoms with E-state index in [0.29, 0.717) is 0 Å². The third-order valence-electron chi connectivity index (χ3n) is 4.45. The molecule has 0 radical (unpaired) electrons. The van der Waals surface area contributed by atoms with Crippen LogP contribution in [0.15, 0.2) is 0 Å². The van der Waals surface area contributed by atoms with Gasteiger partial charge in [0.25, 0.3) is 0 Å². The molecule has 0 aromatic heterocycles. The Kier molecular flexibility index (Phi) is 5.17. The molecule has 10 heteroatoms. The van der Waals surface area contributed by atoms with Gasteiger partial charge in [0.1, 0.15) is 18.2 Å². The lowest BCUT2D eigenvalue weighted by atomic mass is 9.63. The molecule has 0 spiro atoms. The number of carbonyl (C=O) groups is 4. The molecule has 24 heavy (non-hydrogen) atoms. The summed E-state index contributed by atoms with van der Waals surface area (Å²) in [6.07, 6.45) is -4.54. The van der Waals surface area contributed by atoms with Crippen LogP contribution in [0.4, 0.5) is 0 Å². The molecule has 0 amide bonds. The minimum atomic E-state index is -3.20. The maximum Gasteiger partial charge on any atom is 0.245 e. The van der Waals surface area contributed by atoms with Crippen LogP contribution in [0.5, 0.6) is 0 Å². The normalized spacial score (nSPS) is 40.7. The summed E-state index contributed by atoms with van der Waals surface area (Å²) in [5.41, 5.74) is -0.771. The Labute approximate surface area is 137 Å². The van der Waals surface area contributed by atoms with Gasteiger partial charge >= 0.3 is 0 Å². The van der Waals surface area contributed by atoms with E-state index in [1.54, 1.807) is 0 Å². The lowest BCUT2D eigenvalue weighted by Crippen LogP contribution is -2.86. The summed E-state index contributed by atoms with van der Waals surface area (Å²) in [6.45, 7) is 3.22. The number of aliphatic hydroxyl groups is 4. The zero-order valence-corrected chi connectivity index (χ0v) is 13.6. The van der Waals surface area contributed by atoms with Crippen molar-refractivity contribution in [2.45, 2.75) is 62.9 Å². The predicted octanol–water partition coefficient (Wildman–Crippen LogP) is -3.42. The van der Waals surface area contributed by atoms with Crippen LogP contribution in [0.3, 0.4) is 0 Å². The molecule has 0 aromatic rings. The number of ether oxygens (including phenoxy) is 1. The molecule has 136 valence electrons. The van der Waals surface area contributed by atoms with Crippen molar-refractivity contribution in [3.8, 4) is 0 Å². The van der Waals surface area contributed by atoms with Gasteiger partial charge in [-0.3, -0.25) is 19.2 Å². The number of hydrogen-bond donors (Lipinski definition) is 5. The largest absolute Gasteiger partial charge is 0.382 e. The van der Waals surface area contributed by atoms with Gasteiger partial charge in [-0.1, -0.05) is 0 Å². The molecule has 0 aromatic carbocycles. The van der Waals surface area contributed by atoms with E-state index in [2.05, 4.69) is 0 Å². The molecule has 6 N–H and O–H groups in total. The Morgan fingerprint density at radius 1 is 0.917 bits per heavy atom. The molecule has 0 bridgehead atoms. The van der Waals surface area contributed by atoms with Crippen LogP contribution in [-0.2, 0) is 23.9 Å². The number of ketones is 4. The van der Waals surface area contributed by atoms with Gasteiger partial charge in [0, 0.05) is 6.92 Å². The van der Waals surface area contributed by atoms with Crippen molar-refractivity contribution in [1.82, 2.24) is 0 Å². The highest BCUT2D eigenvalue weighted by Gasteiger charge is 2.75. The highest BCUT2D eigenvalue weighted by Crippen LogP contribution is 2.44. The van der Waals surface area contributed by atoms with E-state index in [1.165, 1.54) is 0 Å². The van der Waals surface area contributed by atoms with Crippen molar-refractivity contribution in [3.63, 3.8) is 0 Å². The van der Waals surface area contributed by atoms with Crippen molar-refractivity contribution in [2.75, 3.05) is 0 Å². The summed E-state index contributed by atoms with van der Waals surface area (Å²) >= 11 is 0. The Balaban J connectivity index is 3.81. The lowest BCUT2D eigenvalue weighted by Gasteiger charge is -2.56. The van der Waals surface area contributed by atoms with Crippen LogP contribution in [0.1, 0.15) is 27.7 Å². The minimum absolute atomic E-state index is 0.761. The van der Waals surface area contributed by atoms with Crippen LogP contribution in [0, 0.1) is 0 Å². The molecule has 0 aliphatic carbocycles. The van der Waals surface area contributed by atoms with E-state index in [9.17, 15) is 39.6 Å². The third-order valence-corrected chi connectivity index (χ3v) is 4.45. The van der Waals surface area contributed by atoms with Crippen molar-refractivity contribution in [2.24, 2.45) is 5.73 Å². The fourth-order valence-corrected chi connectivity index (χ4v) is 2.85. The number of rotatable bonds is 5. The number of nitrogens with two attached hydrogens (primary N) is 1. The average molecular weight is 347 g/mol. The van der Waals surface area contributed by atoms with E-state index in [1.807, 2.05) is 0 Å². The summed E-state index contributed by atoms with van der Waals surface area (Å²) in [4.78, 5) is 47.3. The SMILES string of the molecule is CC(=O)C(O)[C@H]1O[C@](O)(C(C)=O)[C@H](N)[C@](O)(C(C)=O)[C@@]1(O)C(C)=O. The highest BCUT2D eigenvalue weighted by atomic mass is 16.7. The molecule has 1 unspecified atom stereocenters. The Morgan fingerprint density at radius 3 is 1.62 bits per heavy atom. The van der Waals surface area contributed by atoms with E-state index >= 15 is 0 Å². The summed E-state index contributed by atoms with van der Waals surface area (Å²) in [7, 11) is 0. The molecular weight excluding hydrogens is 326 g/mol. The van der Waals surface area contributed by atoms with Gasteiger partial charge in [0.15, 0.2) is 34.3 Å². The smallest absolute Gasteiger partial charge is 0.245 e. The topological polar surface area (TPSA) is 184 Å². The molecule has 10 nitrogen and oxygen atoms in total. The molecule has 1 fully saturated rings. The zero-order chi connectivity index (χ0) is 19.2. The van der Waals surface area contributed by atoms with Crippen LogP contribution in [0.2, 0.25) is 0 Å². The van der Waals surface area contributed by atoms with Gasteiger partial charge in [-0.2, -0.15) is 0 Å². The van der Waals surface area contributed by atoms with Crippen molar-refractivity contribution in [1.29, 1.82) is 0 Å². The Morgan fingerprint density at radius 2 is 1.33 bits per heavy atom. The minimum Gasteiger partial charge on any atom is -0.382 e. The van der Waals surface area contributed by atoms with Crippen LogP contribution in [0.25, 0.3) is 0 Å². The molecule has 6 atom stereocenters. The standard InChI is InChI=1S/C14H21NO9/c1-5(16)9(20)10-12(21,6(2)17)13(22,7(3)18)11(15)14(23,24-10)8(4)19/h9-11,20-23H,15H2,1-4H3/t9?,10-,11-,12-,13-,14-/m1/s1. The predicted molar refractivity (Wildman–Crippen MR) is 76.4 cm³/mol. The van der Waals surface area contributed by atoms with E-state index in [-0.39, 0.29) is 0 Å². The second-order valence-corrected chi connectivity index (χ2v) is 5.97. The molecular formula is C14H21NO9. The molecule has 1 saturated heterocycles. The summed E-state index contributed by atoms with van der Waals surface area (Å²) in [5.74, 6) is -7.72. The molecule has 1 rings (SSSR count). The molecule has 1 heterocycles. The van der Waals surface area contributed by atoms with Crippen molar-refractivity contribution < 1.29 is 44.3 Å². The van der Waals surface area contributed by atoms with E-state index < -0.39 is 58.4 Å². The van der Waals surface area contributed by atoms with Gasteiger partial charge in [0.2, 0.25) is 5.79 Å². The summed E-state index contributed by atoms with van der Waals surface area (Å²) in [6, 6.07) is -2.26. The fourth-order valence-electron chi connectivity index (χ4n) is 2.85. The number of hydrogen-bond acceptors (Lipinski definition) is 10. The first kappa shape index (κ1) is 20.5. The van der Waals surface area contributed by atoms with E-state index in [4.69, 9.17) is 10.5 Å². The van der Waals surface area contributed by atoms with Crippen molar-refractivity contribution in [3.05, 3.63) is 0 Å². The van der Waals surface area contributed by atoms with Crippen LogP contribution < -0.4 is 5.73 Å². The first-order valence-electron chi connectivity index (χ1n) is 7.01.